The van der Waals surface area contributed by atoms with Crippen molar-refractivity contribution in [1.82, 2.24) is 0 Å². The van der Waals surface area contributed by atoms with Crippen molar-refractivity contribution in [2.45, 2.75) is 0 Å². The van der Waals surface area contributed by atoms with E-state index in [4.69, 9.17) is 17.3 Å². The van der Waals surface area contributed by atoms with E-state index in [2.05, 4.69) is 0 Å². The Morgan fingerprint density at radius 2 is 1.57 bits per heavy atom. The predicted molar refractivity (Wildman–Crippen MR) is 90.9 cm³/mol. The topological polar surface area (TPSA) is 37.3 Å². The summed E-state index contributed by atoms with van der Waals surface area (Å²) < 4.78 is 0.864. The zero-order valence-electron chi connectivity index (χ0n) is 10.8. The van der Waals surface area contributed by atoms with Gasteiger partial charge in [0.05, 0.1) is 10.4 Å². The van der Waals surface area contributed by atoms with Crippen LogP contribution in [0.4, 0.5) is 0 Å². The van der Waals surface area contributed by atoms with Crippen molar-refractivity contribution in [3.05, 3.63) is 64.0 Å². The summed E-state index contributed by atoms with van der Waals surface area (Å²) in [5, 5.41) is 8.97. The Morgan fingerprint density at radius 1 is 0.905 bits per heavy atom. The maximum absolute atomic E-state index is 10.9. The molecular formula is C16H10O2S3. The summed E-state index contributed by atoms with van der Waals surface area (Å²) in [4.78, 5) is 12.0. The fourth-order valence-corrected chi connectivity index (χ4v) is 4.98. The van der Waals surface area contributed by atoms with Gasteiger partial charge in [-0.05, 0) is 23.3 Å². The Bertz CT molecular complexity index is 830. The maximum atomic E-state index is 10.9. The molecule has 2 nitrogen and oxygen atoms in total. The van der Waals surface area contributed by atoms with Crippen LogP contribution in [-0.2, 0) is 0 Å². The molecule has 5 heteroatoms. The normalized spacial score (nSPS) is 10.5. The number of aromatic carboxylic acids is 1. The van der Waals surface area contributed by atoms with Gasteiger partial charge >= 0.3 is 5.97 Å². The van der Waals surface area contributed by atoms with Gasteiger partial charge in [-0.25, -0.2) is 4.79 Å². The highest BCUT2D eigenvalue weighted by atomic mass is 32.9. The van der Waals surface area contributed by atoms with Crippen LogP contribution >= 0.6 is 32.9 Å². The van der Waals surface area contributed by atoms with Gasteiger partial charge in [0.15, 0.2) is 0 Å². The first-order valence-corrected chi connectivity index (χ1v) is 8.75. The lowest BCUT2D eigenvalue weighted by molar-refractivity contribution is 0.0697. The molecule has 3 aromatic rings. The molecule has 0 radical (unpaired) electrons. The molecule has 2 aromatic carbocycles. The van der Waals surface area contributed by atoms with E-state index in [0.29, 0.717) is 5.56 Å². The summed E-state index contributed by atoms with van der Waals surface area (Å²) >= 11 is 5.46. The van der Waals surface area contributed by atoms with Crippen molar-refractivity contribution >= 4 is 38.9 Å². The van der Waals surface area contributed by atoms with E-state index in [1.165, 1.54) is 0 Å². The van der Waals surface area contributed by atoms with Gasteiger partial charge in [0.25, 0.3) is 0 Å². The first kappa shape index (κ1) is 14.1. The second kappa shape index (κ2) is 5.89. The molecule has 0 bridgehead atoms. The Kier molecular flexibility index (Phi) is 3.96. The summed E-state index contributed by atoms with van der Waals surface area (Å²) in [5.41, 5.74) is 3.44. The zero-order valence-corrected chi connectivity index (χ0v) is 13.2. The molecule has 0 fully saturated rings. The van der Waals surface area contributed by atoms with Crippen molar-refractivity contribution in [2.75, 3.05) is 0 Å². The van der Waals surface area contributed by atoms with Gasteiger partial charge in [0.2, 0.25) is 0 Å². The minimum Gasteiger partial charge on any atom is -0.478 e. The van der Waals surface area contributed by atoms with Gasteiger partial charge in [-0.3, -0.25) is 0 Å². The van der Waals surface area contributed by atoms with E-state index in [0.717, 1.165) is 25.4 Å². The van der Waals surface area contributed by atoms with Crippen molar-refractivity contribution < 1.29 is 9.90 Å². The standard InChI is InChI=1S/C16H10O2S3/c17-15(18)12-8-6-11(7-9-12)14-13(16(19)21-20-14)10-4-2-1-3-5-10/h1-9H,(H,17,18). The van der Waals surface area contributed by atoms with Gasteiger partial charge in [-0.15, -0.1) is 0 Å². The lowest BCUT2D eigenvalue weighted by Crippen LogP contribution is -1.94. The summed E-state index contributed by atoms with van der Waals surface area (Å²) in [6.07, 6.45) is 0. The molecule has 1 heterocycles. The number of carboxylic acids is 1. The number of benzene rings is 2. The van der Waals surface area contributed by atoms with Gasteiger partial charge in [0, 0.05) is 5.56 Å². The zero-order chi connectivity index (χ0) is 14.8. The lowest BCUT2D eigenvalue weighted by atomic mass is 10.0. The third-order valence-electron chi connectivity index (χ3n) is 3.09. The molecule has 0 aliphatic rings. The minimum absolute atomic E-state index is 0.291. The van der Waals surface area contributed by atoms with E-state index in [9.17, 15) is 4.79 Å². The fourth-order valence-electron chi connectivity index (χ4n) is 2.07. The van der Waals surface area contributed by atoms with Crippen LogP contribution in [0.25, 0.3) is 21.6 Å². The molecule has 104 valence electrons. The van der Waals surface area contributed by atoms with Crippen molar-refractivity contribution in [1.29, 1.82) is 0 Å². The van der Waals surface area contributed by atoms with Crippen LogP contribution in [0, 0.1) is 3.82 Å². The quantitative estimate of drug-likeness (QED) is 0.504. The van der Waals surface area contributed by atoms with Gasteiger partial charge in [-0.1, -0.05) is 75.4 Å². The molecule has 1 aromatic heterocycles. The minimum atomic E-state index is -0.914. The number of hydrogen-bond acceptors (Lipinski definition) is 4. The molecule has 0 unspecified atom stereocenters. The van der Waals surface area contributed by atoms with Gasteiger partial charge in [-0.2, -0.15) is 0 Å². The summed E-state index contributed by atoms with van der Waals surface area (Å²) in [5.74, 6) is -0.914. The van der Waals surface area contributed by atoms with Crippen LogP contribution in [-0.4, -0.2) is 11.1 Å². The lowest BCUT2D eigenvalue weighted by Gasteiger charge is -2.04. The number of hydrogen-bond donors (Lipinski definition) is 1. The smallest absolute Gasteiger partial charge is 0.335 e. The number of carboxylic acid groups (broad SMARTS) is 1. The monoisotopic (exact) mass is 330 g/mol. The van der Waals surface area contributed by atoms with Crippen LogP contribution in [0.3, 0.4) is 0 Å². The molecule has 21 heavy (non-hydrogen) atoms. The molecule has 0 aliphatic carbocycles. The highest BCUT2D eigenvalue weighted by molar-refractivity contribution is 7.80. The second-order valence-corrected chi connectivity index (χ2v) is 7.22. The average molecular weight is 330 g/mol. The Hall–Kier alpha value is -1.82. The first-order valence-electron chi connectivity index (χ1n) is 6.19. The summed E-state index contributed by atoms with van der Waals surface area (Å²) in [6.45, 7) is 0. The van der Waals surface area contributed by atoms with Crippen molar-refractivity contribution in [3.63, 3.8) is 0 Å². The van der Waals surface area contributed by atoms with E-state index >= 15 is 0 Å². The fraction of sp³-hybridized carbons (Fsp3) is 0. The SMILES string of the molecule is O=C(O)c1ccc(-c2ssc(=S)c2-c2ccccc2)cc1. The highest BCUT2D eigenvalue weighted by Crippen LogP contribution is 2.41. The summed E-state index contributed by atoms with van der Waals surface area (Å²) in [7, 11) is 3.20. The van der Waals surface area contributed by atoms with Crippen LogP contribution in [0.2, 0.25) is 0 Å². The Balaban J connectivity index is 2.12. The largest absolute Gasteiger partial charge is 0.478 e. The number of carbonyl (C=O) groups is 1. The second-order valence-electron chi connectivity index (χ2n) is 4.41. The van der Waals surface area contributed by atoms with E-state index in [1.54, 1.807) is 32.8 Å². The third kappa shape index (κ3) is 2.81. The molecular weight excluding hydrogens is 320 g/mol. The van der Waals surface area contributed by atoms with E-state index in [-0.39, 0.29) is 0 Å². The first-order chi connectivity index (χ1) is 10.2. The molecule has 1 N–H and O–H groups in total. The van der Waals surface area contributed by atoms with Crippen molar-refractivity contribution in [2.24, 2.45) is 0 Å². The van der Waals surface area contributed by atoms with E-state index in [1.807, 2.05) is 42.5 Å². The van der Waals surface area contributed by atoms with Crippen LogP contribution in [0.5, 0.6) is 0 Å². The summed E-state index contributed by atoms with van der Waals surface area (Å²) in [6, 6.07) is 17.0. The molecule has 0 aliphatic heterocycles. The molecule has 0 atom stereocenters. The van der Waals surface area contributed by atoms with Crippen LogP contribution in [0.15, 0.2) is 54.6 Å². The van der Waals surface area contributed by atoms with Crippen LogP contribution < -0.4 is 0 Å². The molecule has 0 saturated heterocycles. The molecule has 3 rings (SSSR count). The van der Waals surface area contributed by atoms with Gasteiger partial charge < -0.3 is 5.11 Å². The van der Waals surface area contributed by atoms with Crippen molar-refractivity contribution in [3.8, 4) is 21.6 Å². The predicted octanol–water partition coefficient (Wildman–Crippen LogP) is 5.57. The van der Waals surface area contributed by atoms with Crippen LogP contribution in [0.1, 0.15) is 10.4 Å². The Morgan fingerprint density at radius 3 is 2.19 bits per heavy atom. The number of rotatable bonds is 3. The average Bonchev–Trinajstić information content (AvgIpc) is 2.90. The molecule has 0 saturated carbocycles. The third-order valence-corrected chi connectivity index (χ3v) is 6.15. The van der Waals surface area contributed by atoms with Gasteiger partial charge in [0.1, 0.15) is 3.82 Å². The molecule has 0 spiro atoms. The highest BCUT2D eigenvalue weighted by Gasteiger charge is 2.13. The Labute approximate surface area is 134 Å². The van der Waals surface area contributed by atoms with E-state index < -0.39 is 5.97 Å². The maximum Gasteiger partial charge on any atom is 0.335 e. The molecule has 0 amide bonds.